The molecule has 2 aliphatic rings. The van der Waals surface area contributed by atoms with Gasteiger partial charge in [0.25, 0.3) is 0 Å². The number of fused-ring (bicyclic) bond motifs is 2. The summed E-state index contributed by atoms with van der Waals surface area (Å²) in [6.45, 7) is 6.41. The summed E-state index contributed by atoms with van der Waals surface area (Å²) < 4.78 is 0. The van der Waals surface area contributed by atoms with Gasteiger partial charge in [0.15, 0.2) is 0 Å². The van der Waals surface area contributed by atoms with E-state index in [0.717, 1.165) is 25.1 Å². The highest BCUT2D eigenvalue weighted by molar-refractivity contribution is 5.95. The van der Waals surface area contributed by atoms with E-state index in [-0.39, 0.29) is 16.7 Å². The molecule has 3 heteroatoms. The molecule has 1 fully saturated rings. The van der Waals surface area contributed by atoms with E-state index in [0.29, 0.717) is 12.2 Å². The Hall–Kier alpha value is -1.64. The minimum absolute atomic E-state index is 0.0420. The van der Waals surface area contributed by atoms with Crippen molar-refractivity contribution in [3.8, 4) is 0 Å². The maximum atomic E-state index is 12.1. The summed E-state index contributed by atoms with van der Waals surface area (Å²) in [6.07, 6.45) is 2.31. The van der Waals surface area contributed by atoms with Crippen LogP contribution in [0.5, 0.6) is 0 Å². The lowest BCUT2D eigenvalue weighted by molar-refractivity contribution is -0.131. The zero-order chi connectivity index (χ0) is 14.5. The van der Waals surface area contributed by atoms with E-state index in [1.165, 1.54) is 5.56 Å². The lowest BCUT2D eigenvalue weighted by Gasteiger charge is -2.42. The second-order valence-corrected chi connectivity index (χ2v) is 6.89. The van der Waals surface area contributed by atoms with Crippen LogP contribution in [0, 0.1) is 5.41 Å². The molecule has 0 radical (unpaired) electrons. The molecule has 1 atom stereocenters. The summed E-state index contributed by atoms with van der Waals surface area (Å²) in [5.74, 6) is 0.436. The molecule has 0 bridgehead atoms. The number of hydrogen-bond acceptors (Lipinski definition) is 2. The van der Waals surface area contributed by atoms with Crippen molar-refractivity contribution in [2.24, 2.45) is 5.41 Å². The highest BCUT2D eigenvalue weighted by atomic mass is 16.2. The molecule has 20 heavy (non-hydrogen) atoms. The Labute approximate surface area is 120 Å². The van der Waals surface area contributed by atoms with Gasteiger partial charge < -0.3 is 4.90 Å². The summed E-state index contributed by atoms with van der Waals surface area (Å²) in [4.78, 5) is 25.9. The molecule has 0 saturated heterocycles. The van der Waals surface area contributed by atoms with Gasteiger partial charge in [-0.05, 0) is 24.5 Å². The van der Waals surface area contributed by atoms with Crippen LogP contribution in [0.3, 0.4) is 0 Å². The number of nitrogens with zero attached hydrogens (tertiary/aromatic N) is 1. The monoisotopic (exact) mass is 271 g/mol. The number of hydrogen-bond donors (Lipinski definition) is 0. The molecule has 1 aromatic rings. The van der Waals surface area contributed by atoms with Crippen LogP contribution in [-0.2, 0) is 15.0 Å². The van der Waals surface area contributed by atoms with E-state index < -0.39 is 0 Å². The zero-order valence-corrected chi connectivity index (χ0v) is 12.4. The minimum atomic E-state index is -0.293. The lowest BCUT2D eigenvalue weighted by atomic mass is 9.61. The van der Waals surface area contributed by atoms with Crippen molar-refractivity contribution in [2.75, 3.05) is 11.4 Å². The number of rotatable bonds is 0. The molecule has 0 N–H and O–H groups in total. The smallest absolute Gasteiger partial charge is 0.223 e. The van der Waals surface area contributed by atoms with Crippen LogP contribution >= 0.6 is 0 Å². The quantitative estimate of drug-likeness (QED) is 0.727. The predicted molar refractivity (Wildman–Crippen MR) is 78.8 cm³/mol. The van der Waals surface area contributed by atoms with Gasteiger partial charge in [-0.3, -0.25) is 9.59 Å². The van der Waals surface area contributed by atoms with Gasteiger partial charge in [0.05, 0.1) is 0 Å². The molecule has 3 rings (SSSR count). The number of carbonyl (C=O) groups is 2. The molecule has 1 saturated carbocycles. The van der Waals surface area contributed by atoms with Gasteiger partial charge in [-0.15, -0.1) is 0 Å². The van der Waals surface area contributed by atoms with E-state index in [1.807, 2.05) is 36.9 Å². The number of benzene rings is 1. The average molecular weight is 271 g/mol. The van der Waals surface area contributed by atoms with Gasteiger partial charge >= 0.3 is 0 Å². The van der Waals surface area contributed by atoms with Gasteiger partial charge in [0.1, 0.15) is 5.78 Å². The maximum Gasteiger partial charge on any atom is 0.223 e. The number of para-hydroxylation sites is 1. The molecule has 3 nitrogen and oxygen atoms in total. The molecule has 1 heterocycles. The number of anilines is 1. The number of amides is 1. The maximum absolute atomic E-state index is 12.1. The van der Waals surface area contributed by atoms with Gasteiger partial charge in [-0.25, -0.2) is 0 Å². The summed E-state index contributed by atoms with van der Waals surface area (Å²) in [7, 11) is 0. The fraction of sp³-hybridized carbons (Fsp3) is 0.529. The minimum Gasteiger partial charge on any atom is -0.311 e. The largest absolute Gasteiger partial charge is 0.311 e. The Kier molecular flexibility index (Phi) is 2.79. The van der Waals surface area contributed by atoms with E-state index in [4.69, 9.17) is 0 Å². The van der Waals surface area contributed by atoms with Crippen LogP contribution in [0.15, 0.2) is 24.3 Å². The molecule has 1 amide bonds. The fourth-order valence-corrected chi connectivity index (χ4v) is 4.00. The highest BCUT2D eigenvalue weighted by Gasteiger charge is 2.51. The average Bonchev–Trinajstić information content (AvgIpc) is 2.70. The van der Waals surface area contributed by atoms with Crippen LogP contribution in [-0.4, -0.2) is 18.2 Å². The van der Waals surface area contributed by atoms with Crippen LogP contribution in [0.4, 0.5) is 5.69 Å². The van der Waals surface area contributed by atoms with E-state index in [2.05, 4.69) is 6.07 Å². The van der Waals surface area contributed by atoms with E-state index >= 15 is 0 Å². The zero-order valence-electron chi connectivity index (χ0n) is 12.4. The SMILES string of the molecule is CC(=O)N1C[C@@]2(CCC(=O)C(C)(C)C2)c2ccccc21. The summed E-state index contributed by atoms with van der Waals surface area (Å²) in [5, 5.41) is 0. The van der Waals surface area contributed by atoms with E-state index in [1.54, 1.807) is 6.92 Å². The Morgan fingerprint density at radius 1 is 1.25 bits per heavy atom. The van der Waals surface area contributed by atoms with E-state index in [9.17, 15) is 9.59 Å². The predicted octanol–water partition coefficient (Wildman–Crippen LogP) is 3.07. The van der Waals surface area contributed by atoms with Crippen molar-refractivity contribution in [1.82, 2.24) is 0 Å². The van der Waals surface area contributed by atoms with Crippen molar-refractivity contribution >= 4 is 17.4 Å². The van der Waals surface area contributed by atoms with Crippen LogP contribution in [0.25, 0.3) is 0 Å². The van der Waals surface area contributed by atoms with Crippen molar-refractivity contribution in [3.63, 3.8) is 0 Å². The van der Waals surface area contributed by atoms with Gasteiger partial charge in [0, 0.05) is 36.4 Å². The molecule has 0 unspecified atom stereocenters. The van der Waals surface area contributed by atoms with Crippen LogP contribution in [0.2, 0.25) is 0 Å². The highest BCUT2D eigenvalue weighted by Crippen LogP contribution is 2.52. The molecule has 0 aromatic heterocycles. The molecular formula is C17H21NO2. The molecular weight excluding hydrogens is 250 g/mol. The Balaban J connectivity index is 2.08. The van der Waals surface area contributed by atoms with Gasteiger partial charge in [0.2, 0.25) is 5.91 Å². The lowest BCUT2D eigenvalue weighted by Crippen LogP contribution is -2.45. The number of carbonyl (C=O) groups excluding carboxylic acids is 2. The van der Waals surface area contributed by atoms with Crippen molar-refractivity contribution in [3.05, 3.63) is 29.8 Å². The number of Topliss-reactive ketones (excluding diaryl/α,β-unsaturated/α-hetero) is 1. The molecule has 1 aromatic carbocycles. The normalized spacial score (nSPS) is 27.8. The summed E-state index contributed by atoms with van der Waals surface area (Å²) in [5.41, 5.74) is 1.94. The molecule has 1 spiro atoms. The van der Waals surface area contributed by atoms with Crippen LogP contribution < -0.4 is 4.90 Å². The molecule has 1 aliphatic heterocycles. The molecule has 106 valence electrons. The van der Waals surface area contributed by atoms with Gasteiger partial charge in [-0.2, -0.15) is 0 Å². The third kappa shape index (κ3) is 1.80. The topological polar surface area (TPSA) is 37.4 Å². The fourth-order valence-electron chi connectivity index (χ4n) is 4.00. The van der Waals surface area contributed by atoms with Gasteiger partial charge in [-0.1, -0.05) is 32.0 Å². The molecule has 1 aliphatic carbocycles. The third-order valence-electron chi connectivity index (χ3n) is 4.97. The first-order chi connectivity index (χ1) is 9.36. The summed E-state index contributed by atoms with van der Waals surface area (Å²) in [6, 6.07) is 8.17. The first-order valence-corrected chi connectivity index (χ1v) is 7.27. The van der Waals surface area contributed by atoms with Crippen molar-refractivity contribution < 1.29 is 9.59 Å². The first-order valence-electron chi connectivity index (χ1n) is 7.27. The van der Waals surface area contributed by atoms with Crippen molar-refractivity contribution in [1.29, 1.82) is 0 Å². The second kappa shape index (κ2) is 4.18. The Morgan fingerprint density at radius 2 is 1.95 bits per heavy atom. The Bertz CT molecular complexity index is 590. The van der Waals surface area contributed by atoms with Crippen molar-refractivity contribution in [2.45, 2.75) is 45.4 Å². The first kappa shape index (κ1) is 13.3. The third-order valence-corrected chi connectivity index (χ3v) is 4.97. The second-order valence-electron chi connectivity index (χ2n) is 6.89. The standard InChI is InChI=1S/C17H21NO2/c1-12(19)18-11-17(13-6-4-5-7-14(13)18)9-8-15(20)16(2,3)10-17/h4-7H,8-11H2,1-3H3/t17-/m0/s1. The Morgan fingerprint density at radius 3 is 2.60 bits per heavy atom. The number of ketones is 1. The van der Waals surface area contributed by atoms with Crippen LogP contribution in [0.1, 0.15) is 45.6 Å². The summed E-state index contributed by atoms with van der Waals surface area (Å²) >= 11 is 0.